The fraction of sp³-hybridized carbons (Fsp3) is 0.333. The number of benzene rings is 3. The van der Waals surface area contributed by atoms with Crippen LogP contribution in [-0.4, -0.2) is 4.57 Å². The topological polar surface area (TPSA) is 4.93 Å². The Morgan fingerprint density at radius 1 is 0.571 bits per heavy atom. The summed E-state index contributed by atoms with van der Waals surface area (Å²) in [7, 11) is 0. The van der Waals surface area contributed by atoms with E-state index in [1.165, 1.54) is 38.6 Å². The fourth-order valence-corrected chi connectivity index (χ4v) is 5.36. The quantitative estimate of drug-likeness (QED) is 0.331. The Labute approximate surface area is 168 Å². The zero-order chi connectivity index (χ0) is 19.9. The van der Waals surface area contributed by atoms with Gasteiger partial charge in [-0.15, -0.1) is 0 Å². The van der Waals surface area contributed by atoms with Crippen LogP contribution in [0.5, 0.6) is 0 Å². The van der Waals surface area contributed by atoms with E-state index in [4.69, 9.17) is 0 Å². The summed E-state index contributed by atoms with van der Waals surface area (Å²) in [6, 6.07) is 24.5. The van der Waals surface area contributed by atoms with Crippen LogP contribution in [0.25, 0.3) is 27.5 Å². The van der Waals surface area contributed by atoms with E-state index in [1.54, 1.807) is 0 Å². The van der Waals surface area contributed by atoms with Crippen LogP contribution in [0.15, 0.2) is 66.7 Å². The molecule has 5 rings (SSSR count). The molecule has 1 aliphatic carbocycles. The molecule has 1 heteroatoms. The van der Waals surface area contributed by atoms with Gasteiger partial charge in [0.25, 0.3) is 0 Å². The highest BCUT2D eigenvalue weighted by atomic mass is 15.0. The van der Waals surface area contributed by atoms with Crippen molar-refractivity contribution >= 4 is 21.8 Å². The third-order valence-corrected chi connectivity index (χ3v) is 8.30. The molecule has 0 fully saturated rings. The Morgan fingerprint density at radius 2 is 1.14 bits per heavy atom. The third kappa shape index (κ3) is 1.92. The van der Waals surface area contributed by atoms with Crippen LogP contribution >= 0.6 is 0 Å². The van der Waals surface area contributed by atoms with Crippen molar-refractivity contribution in [3.63, 3.8) is 0 Å². The Hall–Kier alpha value is -2.54. The Bertz CT molecular complexity index is 1220. The summed E-state index contributed by atoms with van der Waals surface area (Å²) in [5, 5.41) is 2.70. The number of aromatic nitrogens is 1. The van der Waals surface area contributed by atoms with E-state index in [-0.39, 0.29) is 16.2 Å². The summed E-state index contributed by atoms with van der Waals surface area (Å²) in [6.45, 7) is 14.5. The average Bonchev–Trinajstić information content (AvgIpc) is 3.05. The number of rotatable bonds is 1. The lowest BCUT2D eigenvalue weighted by Crippen LogP contribution is -2.42. The zero-order valence-corrected chi connectivity index (χ0v) is 17.8. The largest absolute Gasteiger partial charge is 0.309 e. The Balaban J connectivity index is 1.97. The van der Waals surface area contributed by atoms with Crippen molar-refractivity contribution in [2.24, 2.45) is 5.41 Å². The molecule has 1 heterocycles. The molecule has 1 nitrogen and oxygen atoms in total. The SMILES string of the molecule is CC1(C)c2cc3c4ccccc4n(-c4ccccc4)c3cc2C(C)(C)C1(C)C. The number of fused-ring (bicyclic) bond motifs is 4. The molecule has 0 spiro atoms. The first-order valence-corrected chi connectivity index (χ1v) is 10.3. The second-order valence-corrected chi connectivity index (χ2v) is 9.98. The van der Waals surface area contributed by atoms with Gasteiger partial charge in [0, 0.05) is 16.5 Å². The van der Waals surface area contributed by atoms with Crippen LogP contribution in [0, 0.1) is 5.41 Å². The van der Waals surface area contributed by atoms with Gasteiger partial charge in [0.15, 0.2) is 0 Å². The molecule has 142 valence electrons. The molecule has 0 radical (unpaired) electrons. The molecule has 0 aliphatic heterocycles. The van der Waals surface area contributed by atoms with Gasteiger partial charge in [-0.3, -0.25) is 0 Å². The maximum atomic E-state index is 2.49. The monoisotopic (exact) mass is 367 g/mol. The molecule has 0 bridgehead atoms. The van der Waals surface area contributed by atoms with E-state index in [1.807, 2.05) is 0 Å². The van der Waals surface area contributed by atoms with Crippen molar-refractivity contribution < 1.29 is 0 Å². The van der Waals surface area contributed by atoms with Gasteiger partial charge < -0.3 is 4.57 Å². The molecule has 3 aromatic carbocycles. The van der Waals surface area contributed by atoms with E-state index in [9.17, 15) is 0 Å². The Morgan fingerprint density at radius 3 is 1.82 bits per heavy atom. The van der Waals surface area contributed by atoms with Crippen LogP contribution in [0.1, 0.15) is 52.7 Å². The first-order valence-electron chi connectivity index (χ1n) is 10.3. The first-order chi connectivity index (χ1) is 13.2. The molecule has 1 aliphatic rings. The van der Waals surface area contributed by atoms with Gasteiger partial charge in [-0.25, -0.2) is 0 Å². The van der Waals surface area contributed by atoms with Gasteiger partial charge in [-0.05, 0) is 57.7 Å². The van der Waals surface area contributed by atoms with E-state index in [0.29, 0.717) is 0 Å². The van der Waals surface area contributed by atoms with Crippen LogP contribution in [0.4, 0.5) is 0 Å². The molecular formula is C27H29N. The molecule has 0 saturated heterocycles. The van der Waals surface area contributed by atoms with Gasteiger partial charge in [-0.2, -0.15) is 0 Å². The lowest BCUT2D eigenvalue weighted by atomic mass is 9.59. The highest BCUT2D eigenvalue weighted by Crippen LogP contribution is 2.62. The zero-order valence-electron chi connectivity index (χ0n) is 17.8. The van der Waals surface area contributed by atoms with Crippen molar-refractivity contribution in [3.05, 3.63) is 77.9 Å². The predicted molar refractivity (Wildman–Crippen MR) is 121 cm³/mol. The van der Waals surface area contributed by atoms with Crippen molar-refractivity contribution in [1.29, 1.82) is 0 Å². The molecule has 4 aromatic rings. The molecule has 0 unspecified atom stereocenters. The smallest absolute Gasteiger partial charge is 0.0544 e. The fourth-order valence-electron chi connectivity index (χ4n) is 5.36. The second-order valence-electron chi connectivity index (χ2n) is 9.98. The van der Waals surface area contributed by atoms with Gasteiger partial charge in [0.1, 0.15) is 0 Å². The van der Waals surface area contributed by atoms with Crippen LogP contribution < -0.4 is 0 Å². The molecule has 0 amide bonds. The third-order valence-electron chi connectivity index (χ3n) is 8.30. The van der Waals surface area contributed by atoms with Crippen molar-refractivity contribution in [2.75, 3.05) is 0 Å². The summed E-state index contributed by atoms with van der Waals surface area (Å²) in [4.78, 5) is 0. The van der Waals surface area contributed by atoms with Crippen LogP contribution in [0.3, 0.4) is 0 Å². The minimum Gasteiger partial charge on any atom is -0.309 e. The standard InChI is InChI=1S/C27H29N/c1-25(2)21-16-20-19-14-10-11-15-23(19)28(18-12-8-7-9-13-18)24(20)17-22(21)26(3,4)27(25,5)6/h7-17H,1-6H3. The minimum absolute atomic E-state index is 0.109. The Kier molecular flexibility index (Phi) is 3.31. The molecule has 0 saturated carbocycles. The predicted octanol–water partition coefficient (Wildman–Crippen LogP) is 7.38. The highest BCUT2D eigenvalue weighted by molar-refractivity contribution is 6.10. The van der Waals surface area contributed by atoms with E-state index >= 15 is 0 Å². The summed E-state index contributed by atoms with van der Waals surface area (Å²) < 4.78 is 2.43. The van der Waals surface area contributed by atoms with Gasteiger partial charge in [-0.1, -0.05) is 77.9 Å². The molecule has 28 heavy (non-hydrogen) atoms. The van der Waals surface area contributed by atoms with Crippen molar-refractivity contribution in [3.8, 4) is 5.69 Å². The van der Waals surface area contributed by atoms with Gasteiger partial charge in [0.05, 0.1) is 11.0 Å². The lowest BCUT2D eigenvalue weighted by Gasteiger charge is -2.44. The first kappa shape index (κ1) is 17.6. The van der Waals surface area contributed by atoms with Crippen LogP contribution in [-0.2, 0) is 10.8 Å². The van der Waals surface area contributed by atoms with Crippen molar-refractivity contribution in [1.82, 2.24) is 4.57 Å². The number of hydrogen-bond donors (Lipinski definition) is 0. The number of hydrogen-bond acceptors (Lipinski definition) is 0. The molecular weight excluding hydrogens is 338 g/mol. The van der Waals surface area contributed by atoms with E-state index in [2.05, 4.69) is 113 Å². The number of nitrogens with zero attached hydrogens (tertiary/aromatic N) is 1. The van der Waals surface area contributed by atoms with Gasteiger partial charge in [0.2, 0.25) is 0 Å². The van der Waals surface area contributed by atoms with Crippen molar-refractivity contribution in [2.45, 2.75) is 52.4 Å². The normalized spacial score (nSPS) is 19.2. The summed E-state index contributed by atoms with van der Waals surface area (Å²) in [6.07, 6.45) is 0. The average molecular weight is 368 g/mol. The maximum absolute atomic E-state index is 2.49. The number of para-hydroxylation sites is 2. The molecule has 0 atom stereocenters. The summed E-state index contributed by atoms with van der Waals surface area (Å²) in [5.41, 5.74) is 7.22. The summed E-state index contributed by atoms with van der Waals surface area (Å²) >= 11 is 0. The lowest BCUT2D eigenvalue weighted by molar-refractivity contribution is 0.125. The summed E-state index contributed by atoms with van der Waals surface area (Å²) in [5.74, 6) is 0. The molecule has 1 aromatic heterocycles. The van der Waals surface area contributed by atoms with Gasteiger partial charge >= 0.3 is 0 Å². The second kappa shape index (κ2) is 5.29. The maximum Gasteiger partial charge on any atom is 0.0544 e. The molecule has 0 N–H and O–H groups in total. The van der Waals surface area contributed by atoms with E-state index < -0.39 is 0 Å². The highest BCUT2D eigenvalue weighted by Gasteiger charge is 2.56. The van der Waals surface area contributed by atoms with Crippen LogP contribution in [0.2, 0.25) is 0 Å². The minimum atomic E-state index is 0.109. The van der Waals surface area contributed by atoms with E-state index in [0.717, 1.165) is 0 Å².